The molecule has 1 aromatic carbocycles. The van der Waals surface area contributed by atoms with Crippen molar-refractivity contribution < 1.29 is 14.3 Å². The van der Waals surface area contributed by atoms with Crippen molar-refractivity contribution in [3.63, 3.8) is 0 Å². The molecule has 80 valence electrons. The standard InChI is InChI=1S/C11H13NO3/c1-7-3-4-9(6-11(12)14)10(5-7)15-8(2)13/h3-5H,6H2,1-2H3,(H2,12,14). The van der Waals surface area contributed by atoms with Crippen LogP contribution in [0, 0.1) is 6.92 Å². The third-order valence-corrected chi connectivity index (χ3v) is 1.84. The maximum Gasteiger partial charge on any atom is 0.308 e. The first kappa shape index (κ1) is 11.2. The van der Waals surface area contributed by atoms with Crippen molar-refractivity contribution in [3.8, 4) is 5.75 Å². The number of benzene rings is 1. The van der Waals surface area contributed by atoms with Crippen LogP contribution in [-0.2, 0) is 16.0 Å². The third-order valence-electron chi connectivity index (χ3n) is 1.84. The number of aryl methyl sites for hydroxylation is 1. The lowest BCUT2D eigenvalue weighted by Crippen LogP contribution is -2.15. The van der Waals surface area contributed by atoms with Crippen LogP contribution in [0.2, 0.25) is 0 Å². The second-order valence-corrected chi connectivity index (χ2v) is 3.35. The molecule has 0 saturated carbocycles. The monoisotopic (exact) mass is 207 g/mol. The van der Waals surface area contributed by atoms with Gasteiger partial charge in [-0.15, -0.1) is 0 Å². The largest absolute Gasteiger partial charge is 0.426 e. The number of rotatable bonds is 3. The highest BCUT2D eigenvalue weighted by Gasteiger charge is 2.08. The van der Waals surface area contributed by atoms with E-state index in [4.69, 9.17) is 10.5 Å². The van der Waals surface area contributed by atoms with E-state index in [0.29, 0.717) is 11.3 Å². The number of hydrogen-bond donors (Lipinski definition) is 1. The highest BCUT2D eigenvalue weighted by atomic mass is 16.5. The second-order valence-electron chi connectivity index (χ2n) is 3.35. The smallest absolute Gasteiger partial charge is 0.308 e. The van der Waals surface area contributed by atoms with Crippen LogP contribution in [0.5, 0.6) is 5.75 Å². The first-order valence-corrected chi connectivity index (χ1v) is 4.55. The summed E-state index contributed by atoms with van der Waals surface area (Å²) in [6, 6.07) is 5.28. The molecule has 0 aliphatic heterocycles. The quantitative estimate of drug-likeness (QED) is 0.592. The van der Waals surface area contributed by atoms with Crippen LogP contribution in [-0.4, -0.2) is 11.9 Å². The van der Waals surface area contributed by atoms with E-state index in [9.17, 15) is 9.59 Å². The molecule has 0 fully saturated rings. The molecule has 0 spiro atoms. The minimum absolute atomic E-state index is 0.0723. The van der Waals surface area contributed by atoms with Gasteiger partial charge in [0.25, 0.3) is 0 Å². The van der Waals surface area contributed by atoms with Gasteiger partial charge in [0.1, 0.15) is 5.75 Å². The molecule has 4 heteroatoms. The molecule has 0 radical (unpaired) electrons. The molecule has 0 atom stereocenters. The van der Waals surface area contributed by atoms with Crippen molar-refractivity contribution in [3.05, 3.63) is 29.3 Å². The number of carbonyl (C=O) groups is 2. The molecule has 1 amide bonds. The molecule has 0 saturated heterocycles. The zero-order valence-corrected chi connectivity index (χ0v) is 8.74. The van der Waals surface area contributed by atoms with Crippen molar-refractivity contribution in [2.45, 2.75) is 20.3 Å². The van der Waals surface area contributed by atoms with Crippen molar-refractivity contribution in [2.75, 3.05) is 0 Å². The molecule has 15 heavy (non-hydrogen) atoms. The summed E-state index contributed by atoms with van der Waals surface area (Å²) in [7, 11) is 0. The van der Waals surface area contributed by atoms with Crippen molar-refractivity contribution in [1.29, 1.82) is 0 Å². The van der Waals surface area contributed by atoms with Crippen LogP contribution >= 0.6 is 0 Å². The molecule has 0 aliphatic rings. The van der Waals surface area contributed by atoms with Gasteiger partial charge in [-0.05, 0) is 18.6 Å². The van der Waals surface area contributed by atoms with E-state index in [2.05, 4.69) is 0 Å². The first-order valence-electron chi connectivity index (χ1n) is 4.55. The number of carbonyl (C=O) groups excluding carboxylic acids is 2. The summed E-state index contributed by atoms with van der Waals surface area (Å²) in [4.78, 5) is 21.6. The Morgan fingerprint density at radius 1 is 1.40 bits per heavy atom. The van der Waals surface area contributed by atoms with Gasteiger partial charge in [0.2, 0.25) is 5.91 Å². The van der Waals surface area contributed by atoms with Crippen LogP contribution in [0.25, 0.3) is 0 Å². The molecule has 2 N–H and O–H groups in total. The zero-order valence-electron chi connectivity index (χ0n) is 8.74. The number of primary amides is 1. The Morgan fingerprint density at radius 2 is 2.07 bits per heavy atom. The van der Waals surface area contributed by atoms with E-state index >= 15 is 0 Å². The molecular formula is C11H13NO3. The van der Waals surface area contributed by atoms with Crippen molar-refractivity contribution >= 4 is 11.9 Å². The fourth-order valence-electron chi connectivity index (χ4n) is 1.25. The van der Waals surface area contributed by atoms with E-state index in [1.54, 1.807) is 12.1 Å². The van der Waals surface area contributed by atoms with Gasteiger partial charge in [0, 0.05) is 12.5 Å². The lowest BCUT2D eigenvalue weighted by Gasteiger charge is -2.08. The minimum Gasteiger partial charge on any atom is -0.426 e. The summed E-state index contributed by atoms with van der Waals surface area (Å²) in [6.45, 7) is 3.19. The molecule has 1 aromatic rings. The van der Waals surface area contributed by atoms with Crippen LogP contribution < -0.4 is 10.5 Å². The van der Waals surface area contributed by atoms with Crippen molar-refractivity contribution in [1.82, 2.24) is 0 Å². The maximum absolute atomic E-state index is 10.8. The van der Waals surface area contributed by atoms with Crippen LogP contribution in [0.3, 0.4) is 0 Å². The molecule has 0 unspecified atom stereocenters. The highest BCUT2D eigenvalue weighted by molar-refractivity contribution is 5.78. The second kappa shape index (κ2) is 4.59. The van der Waals surface area contributed by atoms with E-state index in [1.807, 2.05) is 13.0 Å². The van der Waals surface area contributed by atoms with Gasteiger partial charge in [-0.2, -0.15) is 0 Å². The fraction of sp³-hybridized carbons (Fsp3) is 0.273. The number of esters is 1. The average molecular weight is 207 g/mol. The minimum atomic E-state index is -0.452. The van der Waals surface area contributed by atoms with Crippen LogP contribution in [0.15, 0.2) is 18.2 Å². The van der Waals surface area contributed by atoms with Gasteiger partial charge < -0.3 is 10.5 Å². The van der Waals surface area contributed by atoms with Gasteiger partial charge in [0.05, 0.1) is 6.42 Å². The van der Waals surface area contributed by atoms with Gasteiger partial charge in [-0.25, -0.2) is 0 Å². The van der Waals surface area contributed by atoms with Gasteiger partial charge >= 0.3 is 5.97 Å². The number of hydrogen-bond acceptors (Lipinski definition) is 3. The number of nitrogens with two attached hydrogens (primary N) is 1. The van der Waals surface area contributed by atoms with E-state index < -0.39 is 11.9 Å². The summed E-state index contributed by atoms with van der Waals surface area (Å²) >= 11 is 0. The summed E-state index contributed by atoms with van der Waals surface area (Å²) in [5.74, 6) is -0.458. The lowest BCUT2D eigenvalue weighted by molar-refractivity contribution is -0.132. The summed E-state index contributed by atoms with van der Waals surface area (Å²) < 4.78 is 4.98. The predicted octanol–water partition coefficient (Wildman–Crippen LogP) is 0.948. The predicted molar refractivity (Wildman–Crippen MR) is 55.4 cm³/mol. The molecular weight excluding hydrogens is 194 g/mol. The molecule has 4 nitrogen and oxygen atoms in total. The molecule has 0 aromatic heterocycles. The Hall–Kier alpha value is -1.84. The van der Waals surface area contributed by atoms with E-state index in [0.717, 1.165) is 5.56 Å². The topological polar surface area (TPSA) is 69.4 Å². The molecule has 0 heterocycles. The third kappa shape index (κ3) is 3.42. The van der Waals surface area contributed by atoms with Gasteiger partial charge in [-0.3, -0.25) is 9.59 Å². The van der Waals surface area contributed by atoms with E-state index in [-0.39, 0.29) is 6.42 Å². The summed E-state index contributed by atoms with van der Waals surface area (Å²) in [5.41, 5.74) is 6.67. The Bertz CT molecular complexity index is 399. The van der Waals surface area contributed by atoms with Crippen molar-refractivity contribution in [2.24, 2.45) is 5.73 Å². The van der Waals surface area contributed by atoms with Crippen LogP contribution in [0.1, 0.15) is 18.1 Å². The Kier molecular flexibility index (Phi) is 3.44. The number of ether oxygens (including phenoxy) is 1. The van der Waals surface area contributed by atoms with Gasteiger partial charge in [-0.1, -0.05) is 12.1 Å². The van der Waals surface area contributed by atoms with Gasteiger partial charge in [0.15, 0.2) is 0 Å². The SMILES string of the molecule is CC(=O)Oc1cc(C)ccc1CC(N)=O. The summed E-state index contributed by atoms with van der Waals surface area (Å²) in [6.07, 6.45) is 0.0723. The zero-order chi connectivity index (χ0) is 11.4. The first-order chi connectivity index (χ1) is 6.99. The fourth-order valence-corrected chi connectivity index (χ4v) is 1.25. The Labute approximate surface area is 88.0 Å². The van der Waals surface area contributed by atoms with Crippen LogP contribution in [0.4, 0.5) is 0 Å². The average Bonchev–Trinajstić information content (AvgIpc) is 2.08. The molecule has 0 aliphatic carbocycles. The molecule has 1 rings (SSSR count). The Balaban J connectivity index is 3.02. The lowest BCUT2D eigenvalue weighted by atomic mass is 10.1. The maximum atomic E-state index is 10.8. The molecule has 0 bridgehead atoms. The normalized spacial score (nSPS) is 9.73. The summed E-state index contributed by atoms with van der Waals surface area (Å²) in [5, 5.41) is 0. The Morgan fingerprint density at radius 3 is 2.60 bits per heavy atom. The highest BCUT2D eigenvalue weighted by Crippen LogP contribution is 2.20. The van der Waals surface area contributed by atoms with E-state index in [1.165, 1.54) is 6.92 Å². The number of amides is 1.